The number of anilines is 1. The fourth-order valence-corrected chi connectivity index (χ4v) is 1.86. The topological polar surface area (TPSA) is 65.2 Å². The Kier molecular flexibility index (Phi) is 3.51. The molecule has 2 rings (SSSR count). The van der Waals surface area contributed by atoms with E-state index in [-0.39, 0.29) is 11.9 Å². The molecular formula is C12H16N2O2. The number of carbonyl (C=O) groups is 1. The van der Waals surface area contributed by atoms with Gasteiger partial charge in [-0.2, -0.15) is 0 Å². The van der Waals surface area contributed by atoms with Crippen molar-refractivity contribution in [3.8, 4) is 0 Å². The third-order valence-corrected chi connectivity index (χ3v) is 2.79. The molecule has 86 valence electrons. The minimum Gasteiger partial charge on any atom is -0.397 e. The first-order valence-corrected chi connectivity index (χ1v) is 5.62. The van der Waals surface area contributed by atoms with Crippen LogP contribution in [0, 0.1) is 0 Å². The fourth-order valence-electron chi connectivity index (χ4n) is 1.86. The van der Waals surface area contributed by atoms with Gasteiger partial charge in [0.05, 0.1) is 18.0 Å². The molecule has 1 aromatic heterocycles. The summed E-state index contributed by atoms with van der Waals surface area (Å²) in [7, 11) is 0. The summed E-state index contributed by atoms with van der Waals surface area (Å²) >= 11 is 0. The Labute approximate surface area is 94.8 Å². The summed E-state index contributed by atoms with van der Waals surface area (Å²) in [5.74, 6) is 0.0653. The summed E-state index contributed by atoms with van der Waals surface area (Å²) in [4.78, 5) is 15.8. The van der Waals surface area contributed by atoms with Crippen LogP contribution < -0.4 is 5.73 Å². The van der Waals surface area contributed by atoms with Gasteiger partial charge in [0.2, 0.25) is 0 Å². The van der Waals surface area contributed by atoms with E-state index in [0.29, 0.717) is 17.8 Å². The van der Waals surface area contributed by atoms with Crippen molar-refractivity contribution < 1.29 is 9.53 Å². The molecule has 0 bridgehead atoms. The lowest BCUT2D eigenvalue weighted by atomic mass is 10.1. The van der Waals surface area contributed by atoms with E-state index in [1.165, 1.54) is 6.20 Å². The van der Waals surface area contributed by atoms with Crippen LogP contribution in [-0.4, -0.2) is 23.5 Å². The van der Waals surface area contributed by atoms with Gasteiger partial charge in [0.15, 0.2) is 5.78 Å². The Morgan fingerprint density at radius 1 is 1.56 bits per heavy atom. The van der Waals surface area contributed by atoms with Crippen molar-refractivity contribution in [2.45, 2.75) is 31.8 Å². The molecule has 1 fully saturated rings. The quantitative estimate of drug-likeness (QED) is 0.786. The number of aromatic nitrogens is 1. The second-order valence-corrected chi connectivity index (χ2v) is 4.07. The predicted molar refractivity (Wildman–Crippen MR) is 61.2 cm³/mol. The van der Waals surface area contributed by atoms with E-state index in [1.54, 1.807) is 12.1 Å². The zero-order chi connectivity index (χ0) is 11.4. The van der Waals surface area contributed by atoms with Crippen molar-refractivity contribution in [1.82, 2.24) is 4.98 Å². The summed E-state index contributed by atoms with van der Waals surface area (Å²) in [6, 6.07) is 3.37. The second kappa shape index (κ2) is 5.07. The number of hydrogen-bond donors (Lipinski definition) is 1. The third kappa shape index (κ3) is 2.79. The van der Waals surface area contributed by atoms with Crippen LogP contribution in [-0.2, 0) is 4.74 Å². The number of ketones is 1. The van der Waals surface area contributed by atoms with Gasteiger partial charge >= 0.3 is 0 Å². The van der Waals surface area contributed by atoms with E-state index >= 15 is 0 Å². The Balaban J connectivity index is 1.85. The Morgan fingerprint density at radius 2 is 2.44 bits per heavy atom. The molecule has 0 aromatic carbocycles. The number of rotatable bonds is 4. The van der Waals surface area contributed by atoms with E-state index in [4.69, 9.17) is 10.5 Å². The standard InChI is InChI=1S/C12H16N2O2/c13-9-3-5-11(14-8-9)12(15)6-4-10-2-1-7-16-10/h3,5,8,10H,1-2,4,6-7,13H2. The Hall–Kier alpha value is -1.42. The van der Waals surface area contributed by atoms with Crippen LogP contribution in [0.15, 0.2) is 18.3 Å². The van der Waals surface area contributed by atoms with Crippen molar-refractivity contribution in [3.05, 3.63) is 24.0 Å². The number of ether oxygens (including phenoxy) is 1. The molecule has 1 unspecified atom stereocenters. The normalized spacial score (nSPS) is 19.9. The van der Waals surface area contributed by atoms with Crippen molar-refractivity contribution in [2.24, 2.45) is 0 Å². The van der Waals surface area contributed by atoms with Crippen LogP contribution in [0.3, 0.4) is 0 Å². The number of nitrogens with two attached hydrogens (primary N) is 1. The minimum atomic E-state index is 0.0653. The van der Waals surface area contributed by atoms with Crippen molar-refractivity contribution in [1.29, 1.82) is 0 Å². The lowest BCUT2D eigenvalue weighted by molar-refractivity contribution is 0.0856. The number of Topliss-reactive ketones (excluding diaryl/α,β-unsaturated/α-hetero) is 1. The molecule has 0 amide bonds. The van der Waals surface area contributed by atoms with E-state index in [9.17, 15) is 4.79 Å². The fraction of sp³-hybridized carbons (Fsp3) is 0.500. The molecular weight excluding hydrogens is 204 g/mol. The molecule has 1 aliphatic rings. The average molecular weight is 220 g/mol. The van der Waals surface area contributed by atoms with Crippen LogP contribution in [0.5, 0.6) is 0 Å². The van der Waals surface area contributed by atoms with Crippen molar-refractivity contribution in [3.63, 3.8) is 0 Å². The highest BCUT2D eigenvalue weighted by atomic mass is 16.5. The maximum absolute atomic E-state index is 11.8. The second-order valence-electron chi connectivity index (χ2n) is 4.07. The van der Waals surface area contributed by atoms with E-state index < -0.39 is 0 Å². The van der Waals surface area contributed by atoms with Crippen molar-refractivity contribution in [2.75, 3.05) is 12.3 Å². The molecule has 2 N–H and O–H groups in total. The van der Waals surface area contributed by atoms with Gasteiger partial charge in [-0.15, -0.1) is 0 Å². The highest BCUT2D eigenvalue weighted by Crippen LogP contribution is 2.18. The molecule has 4 nitrogen and oxygen atoms in total. The van der Waals surface area contributed by atoms with Gasteiger partial charge in [-0.1, -0.05) is 0 Å². The van der Waals surface area contributed by atoms with Gasteiger partial charge in [0, 0.05) is 13.0 Å². The Bertz CT molecular complexity index is 356. The molecule has 16 heavy (non-hydrogen) atoms. The molecule has 1 aliphatic heterocycles. The summed E-state index contributed by atoms with van der Waals surface area (Å²) in [6.45, 7) is 0.832. The van der Waals surface area contributed by atoms with Gasteiger partial charge in [-0.3, -0.25) is 9.78 Å². The molecule has 1 atom stereocenters. The van der Waals surface area contributed by atoms with Gasteiger partial charge in [0.25, 0.3) is 0 Å². The first-order chi connectivity index (χ1) is 7.75. The Morgan fingerprint density at radius 3 is 3.06 bits per heavy atom. The highest BCUT2D eigenvalue weighted by molar-refractivity contribution is 5.94. The molecule has 1 aromatic rings. The average Bonchev–Trinajstić information content (AvgIpc) is 2.80. The number of carbonyl (C=O) groups excluding carboxylic acids is 1. The minimum absolute atomic E-state index is 0.0653. The molecule has 2 heterocycles. The lowest BCUT2D eigenvalue weighted by Gasteiger charge is -2.07. The van der Waals surface area contributed by atoms with Crippen LogP contribution >= 0.6 is 0 Å². The first kappa shape index (κ1) is 11.1. The zero-order valence-corrected chi connectivity index (χ0v) is 9.19. The number of nitrogens with zero attached hydrogens (tertiary/aromatic N) is 1. The smallest absolute Gasteiger partial charge is 0.181 e. The maximum Gasteiger partial charge on any atom is 0.181 e. The summed E-state index contributed by atoms with van der Waals surface area (Å²) in [5.41, 5.74) is 6.58. The zero-order valence-electron chi connectivity index (χ0n) is 9.19. The lowest BCUT2D eigenvalue weighted by Crippen LogP contribution is -2.09. The van der Waals surface area contributed by atoms with Crippen molar-refractivity contribution >= 4 is 11.5 Å². The van der Waals surface area contributed by atoms with Gasteiger partial charge in [-0.25, -0.2) is 0 Å². The number of pyridine rings is 1. The van der Waals surface area contributed by atoms with Crippen LogP contribution in [0.4, 0.5) is 5.69 Å². The molecule has 0 radical (unpaired) electrons. The van der Waals surface area contributed by atoms with E-state index in [1.807, 2.05) is 0 Å². The molecule has 0 aliphatic carbocycles. The summed E-state index contributed by atoms with van der Waals surface area (Å²) in [6.07, 6.45) is 5.26. The highest BCUT2D eigenvalue weighted by Gasteiger charge is 2.17. The predicted octanol–water partition coefficient (Wildman–Crippen LogP) is 1.81. The van der Waals surface area contributed by atoms with Gasteiger partial charge in [-0.05, 0) is 31.4 Å². The summed E-state index contributed by atoms with van der Waals surface area (Å²) < 4.78 is 5.47. The van der Waals surface area contributed by atoms with Gasteiger partial charge < -0.3 is 10.5 Å². The van der Waals surface area contributed by atoms with Gasteiger partial charge in [0.1, 0.15) is 5.69 Å². The first-order valence-electron chi connectivity index (χ1n) is 5.62. The largest absolute Gasteiger partial charge is 0.397 e. The molecule has 4 heteroatoms. The SMILES string of the molecule is Nc1ccc(C(=O)CCC2CCCO2)nc1. The molecule has 1 saturated heterocycles. The van der Waals surface area contributed by atoms with E-state index in [2.05, 4.69) is 4.98 Å². The monoisotopic (exact) mass is 220 g/mol. The molecule has 0 saturated carbocycles. The molecule has 0 spiro atoms. The number of nitrogen functional groups attached to an aromatic ring is 1. The maximum atomic E-state index is 11.8. The third-order valence-electron chi connectivity index (χ3n) is 2.79. The van der Waals surface area contributed by atoms with Crippen LogP contribution in [0.2, 0.25) is 0 Å². The van der Waals surface area contributed by atoms with E-state index in [0.717, 1.165) is 25.9 Å². The summed E-state index contributed by atoms with van der Waals surface area (Å²) in [5, 5.41) is 0. The van der Waals surface area contributed by atoms with Crippen LogP contribution in [0.25, 0.3) is 0 Å². The number of hydrogen-bond acceptors (Lipinski definition) is 4. The van der Waals surface area contributed by atoms with Crippen LogP contribution in [0.1, 0.15) is 36.2 Å².